The van der Waals surface area contributed by atoms with Gasteiger partial charge in [-0.2, -0.15) is 0 Å². The fourth-order valence-corrected chi connectivity index (χ4v) is 4.21. The van der Waals surface area contributed by atoms with Crippen molar-refractivity contribution in [3.05, 3.63) is 41.5 Å². The van der Waals surface area contributed by atoms with Crippen LogP contribution < -0.4 is 19.3 Å². The van der Waals surface area contributed by atoms with Crippen LogP contribution in [0.4, 0.5) is 5.69 Å². The first kappa shape index (κ1) is 20.0. The molecular weight excluding hydrogens is 380 g/mol. The van der Waals surface area contributed by atoms with Gasteiger partial charge in [0, 0.05) is 6.07 Å². The van der Waals surface area contributed by atoms with Crippen molar-refractivity contribution in [1.82, 2.24) is 0 Å². The highest BCUT2D eigenvalue weighted by molar-refractivity contribution is 7.92. The summed E-state index contributed by atoms with van der Waals surface area (Å²) >= 11 is 0. The van der Waals surface area contributed by atoms with Gasteiger partial charge in [0.05, 0.1) is 24.8 Å². The maximum absolute atomic E-state index is 12.8. The first-order valence-electron chi connectivity index (χ1n) is 7.38. The zero-order valence-corrected chi connectivity index (χ0v) is 16.4. The molecule has 0 aliphatic carbocycles. The van der Waals surface area contributed by atoms with Crippen molar-refractivity contribution in [3.63, 3.8) is 0 Å². The molecule has 0 bridgehead atoms. The summed E-state index contributed by atoms with van der Waals surface area (Å²) in [6.07, 6.45) is 0. The standard InChI is InChI=1S/C16H20N2O6S2/c1-10-7-13(25(17,19)20)9-14(11(10)2)18-26(21,22)16-8-12(23-3)5-6-15(16)24-4/h5-9,18H,1-4H3,(H2,17,19,20). The molecule has 0 atom stereocenters. The number of hydrogen-bond acceptors (Lipinski definition) is 6. The number of benzene rings is 2. The Morgan fingerprint density at radius 3 is 2.15 bits per heavy atom. The van der Waals surface area contributed by atoms with Gasteiger partial charge in [-0.15, -0.1) is 0 Å². The van der Waals surface area contributed by atoms with Crippen LogP contribution >= 0.6 is 0 Å². The number of anilines is 1. The second-order valence-electron chi connectivity index (χ2n) is 5.58. The molecule has 0 saturated heterocycles. The van der Waals surface area contributed by atoms with Gasteiger partial charge in [0.1, 0.15) is 16.4 Å². The SMILES string of the molecule is COc1ccc(OC)c(S(=O)(=O)Nc2cc(S(N)(=O)=O)cc(C)c2C)c1. The van der Waals surface area contributed by atoms with Crippen molar-refractivity contribution < 1.29 is 26.3 Å². The van der Waals surface area contributed by atoms with E-state index in [0.717, 1.165) is 0 Å². The summed E-state index contributed by atoms with van der Waals surface area (Å²) in [5.74, 6) is 0.452. The fraction of sp³-hybridized carbons (Fsp3) is 0.250. The van der Waals surface area contributed by atoms with E-state index >= 15 is 0 Å². The normalized spacial score (nSPS) is 11.9. The molecule has 0 unspecified atom stereocenters. The molecule has 2 aromatic rings. The minimum Gasteiger partial charge on any atom is -0.497 e. The molecule has 8 nitrogen and oxygen atoms in total. The second kappa shape index (κ2) is 7.14. The van der Waals surface area contributed by atoms with Gasteiger partial charge < -0.3 is 9.47 Å². The third kappa shape index (κ3) is 4.09. The Balaban J connectivity index is 2.59. The molecule has 0 aromatic heterocycles. The third-order valence-corrected chi connectivity index (χ3v) is 6.15. The highest BCUT2D eigenvalue weighted by atomic mass is 32.2. The number of nitrogens with one attached hydrogen (secondary N) is 1. The van der Waals surface area contributed by atoms with Crippen LogP contribution in [0.5, 0.6) is 11.5 Å². The lowest BCUT2D eigenvalue weighted by Crippen LogP contribution is -2.17. The van der Waals surface area contributed by atoms with Gasteiger partial charge in [0.15, 0.2) is 0 Å². The van der Waals surface area contributed by atoms with Crippen LogP contribution in [0.25, 0.3) is 0 Å². The van der Waals surface area contributed by atoms with Crippen molar-refractivity contribution in [2.24, 2.45) is 5.14 Å². The summed E-state index contributed by atoms with van der Waals surface area (Å²) in [5, 5.41) is 5.16. The van der Waals surface area contributed by atoms with E-state index in [9.17, 15) is 16.8 Å². The molecule has 0 aliphatic rings. The molecule has 0 aliphatic heterocycles. The van der Waals surface area contributed by atoms with E-state index in [-0.39, 0.29) is 21.2 Å². The summed E-state index contributed by atoms with van der Waals surface area (Å²) in [7, 11) is -5.31. The van der Waals surface area contributed by atoms with Crippen LogP contribution in [0.15, 0.2) is 40.1 Å². The number of ether oxygens (including phenoxy) is 2. The Morgan fingerprint density at radius 2 is 1.62 bits per heavy atom. The Kier molecular flexibility index (Phi) is 5.49. The average Bonchev–Trinajstić information content (AvgIpc) is 2.57. The molecule has 2 rings (SSSR count). The topological polar surface area (TPSA) is 125 Å². The number of primary sulfonamides is 1. The predicted molar refractivity (Wildman–Crippen MR) is 97.6 cm³/mol. The summed E-state index contributed by atoms with van der Waals surface area (Å²) in [6.45, 7) is 3.33. The second-order valence-corrected chi connectivity index (χ2v) is 8.79. The van der Waals surface area contributed by atoms with Crippen molar-refractivity contribution in [3.8, 4) is 11.5 Å². The molecular formula is C16H20N2O6S2. The smallest absolute Gasteiger partial charge is 0.265 e. The Labute approximate surface area is 153 Å². The van der Waals surface area contributed by atoms with E-state index < -0.39 is 20.0 Å². The lowest BCUT2D eigenvalue weighted by atomic mass is 10.1. The maximum atomic E-state index is 12.8. The van der Waals surface area contributed by atoms with E-state index in [2.05, 4.69) is 4.72 Å². The van der Waals surface area contributed by atoms with Gasteiger partial charge >= 0.3 is 0 Å². The van der Waals surface area contributed by atoms with E-state index in [1.807, 2.05) is 0 Å². The molecule has 0 spiro atoms. The monoisotopic (exact) mass is 400 g/mol. The van der Waals surface area contributed by atoms with Crippen molar-refractivity contribution in [1.29, 1.82) is 0 Å². The van der Waals surface area contributed by atoms with Crippen LogP contribution in [0.3, 0.4) is 0 Å². The lowest BCUT2D eigenvalue weighted by Gasteiger charge is -2.16. The summed E-state index contributed by atoms with van der Waals surface area (Å²) in [5.41, 5.74) is 1.26. The van der Waals surface area contributed by atoms with E-state index in [1.54, 1.807) is 19.9 Å². The van der Waals surface area contributed by atoms with Crippen molar-refractivity contribution >= 4 is 25.7 Å². The quantitative estimate of drug-likeness (QED) is 0.761. The Bertz CT molecular complexity index is 1050. The number of sulfonamides is 2. The fourth-order valence-electron chi connectivity index (χ4n) is 2.29. The van der Waals surface area contributed by atoms with Crippen LogP contribution in [0.1, 0.15) is 11.1 Å². The van der Waals surface area contributed by atoms with Crippen molar-refractivity contribution in [2.75, 3.05) is 18.9 Å². The molecule has 142 valence electrons. The maximum Gasteiger partial charge on any atom is 0.265 e. The molecule has 0 heterocycles. The Hall–Kier alpha value is -2.30. The van der Waals surface area contributed by atoms with Crippen LogP contribution in [0.2, 0.25) is 0 Å². The highest BCUT2D eigenvalue weighted by Crippen LogP contribution is 2.31. The highest BCUT2D eigenvalue weighted by Gasteiger charge is 2.23. The Morgan fingerprint density at radius 1 is 0.962 bits per heavy atom. The van der Waals surface area contributed by atoms with Gasteiger partial charge in [-0.3, -0.25) is 4.72 Å². The van der Waals surface area contributed by atoms with Crippen LogP contribution in [-0.4, -0.2) is 31.1 Å². The van der Waals surface area contributed by atoms with Gasteiger partial charge in [-0.25, -0.2) is 22.0 Å². The summed E-state index contributed by atoms with van der Waals surface area (Å²) in [4.78, 5) is -0.326. The molecule has 10 heteroatoms. The molecule has 3 N–H and O–H groups in total. The van der Waals surface area contributed by atoms with Gasteiger partial charge in [0.25, 0.3) is 10.0 Å². The van der Waals surface area contributed by atoms with Gasteiger partial charge in [-0.05, 0) is 49.2 Å². The van der Waals surface area contributed by atoms with Crippen LogP contribution in [0, 0.1) is 13.8 Å². The number of hydrogen-bond donors (Lipinski definition) is 2. The van der Waals surface area contributed by atoms with Gasteiger partial charge in [-0.1, -0.05) is 0 Å². The van der Waals surface area contributed by atoms with Crippen molar-refractivity contribution in [2.45, 2.75) is 23.6 Å². The average molecular weight is 400 g/mol. The van der Waals surface area contributed by atoms with E-state index in [0.29, 0.717) is 16.9 Å². The number of rotatable bonds is 6. The summed E-state index contributed by atoms with van der Waals surface area (Å²) < 4.78 is 61.5. The first-order valence-corrected chi connectivity index (χ1v) is 10.4. The zero-order chi connectivity index (χ0) is 19.7. The number of aryl methyl sites for hydroxylation is 1. The largest absolute Gasteiger partial charge is 0.497 e. The molecule has 0 saturated carbocycles. The number of methoxy groups -OCH3 is 2. The van der Waals surface area contributed by atoms with E-state index in [4.69, 9.17) is 14.6 Å². The predicted octanol–water partition coefficient (Wildman–Crippen LogP) is 1.77. The molecule has 0 radical (unpaired) electrons. The van der Waals surface area contributed by atoms with Gasteiger partial charge in [0.2, 0.25) is 10.0 Å². The molecule has 0 amide bonds. The first-order chi connectivity index (χ1) is 12.0. The summed E-state index contributed by atoms with van der Waals surface area (Å²) in [6, 6.07) is 6.91. The minimum atomic E-state index is -4.08. The molecule has 2 aromatic carbocycles. The zero-order valence-electron chi connectivity index (χ0n) is 14.7. The number of nitrogens with two attached hydrogens (primary N) is 1. The minimum absolute atomic E-state index is 0.110. The third-order valence-electron chi connectivity index (χ3n) is 3.87. The van der Waals surface area contributed by atoms with E-state index in [1.165, 1.54) is 38.5 Å². The van der Waals surface area contributed by atoms with Crippen LogP contribution in [-0.2, 0) is 20.0 Å². The molecule has 26 heavy (non-hydrogen) atoms. The molecule has 0 fully saturated rings. The lowest BCUT2D eigenvalue weighted by molar-refractivity contribution is 0.392.